The lowest BCUT2D eigenvalue weighted by molar-refractivity contribution is -0.131. The largest absolute Gasteiger partial charge is 0.497 e. The second kappa shape index (κ2) is 7.66. The SMILES string of the molecule is COc1cccc(CC(=O)N2CCN(C(=O)c3cc(C4CC4)n(C)n3)CC2)c1. The van der Waals surface area contributed by atoms with Crippen molar-refractivity contribution in [3.8, 4) is 5.75 Å². The van der Waals surface area contributed by atoms with Crippen LogP contribution in [0.1, 0.15) is 40.5 Å². The smallest absolute Gasteiger partial charge is 0.274 e. The first-order valence-corrected chi connectivity index (χ1v) is 9.79. The van der Waals surface area contributed by atoms with Gasteiger partial charge in [-0.2, -0.15) is 5.10 Å². The third-order valence-corrected chi connectivity index (χ3v) is 5.54. The lowest BCUT2D eigenvalue weighted by Gasteiger charge is -2.34. The molecular formula is C21H26N4O3. The average molecular weight is 382 g/mol. The van der Waals surface area contributed by atoms with Crippen molar-refractivity contribution in [3.05, 3.63) is 47.3 Å². The Kier molecular flexibility index (Phi) is 5.07. The molecule has 0 atom stereocenters. The van der Waals surface area contributed by atoms with Gasteiger partial charge in [-0.15, -0.1) is 0 Å². The van der Waals surface area contributed by atoms with Crippen molar-refractivity contribution in [2.45, 2.75) is 25.2 Å². The van der Waals surface area contributed by atoms with Crippen LogP contribution in [0.5, 0.6) is 5.75 Å². The fourth-order valence-corrected chi connectivity index (χ4v) is 3.74. The number of rotatable bonds is 5. The van der Waals surface area contributed by atoms with Gasteiger partial charge in [-0.25, -0.2) is 0 Å². The molecule has 2 fully saturated rings. The van der Waals surface area contributed by atoms with Gasteiger partial charge in [-0.3, -0.25) is 14.3 Å². The zero-order chi connectivity index (χ0) is 19.7. The summed E-state index contributed by atoms with van der Waals surface area (Å²) in [7, 11) is 3.52. The molecule has 2 heterocycles. The summed E-state index contributed by atoms with van der Waals surface area (Å²) in [6, 6.07) is 9.50. The lowest BCUT2D eigenvalue weighted by atomic mass is 10.1. The third-order valence-electron chi connectivity index (χ3n) is 5.54. The standard InChI is InChI=1S/C21H26N4O3/c1-23-19(16-6-7-16)14-18(22-23)21(27)25-10-8-24(9-11-25)20(26)13-15-4-3-5-17(12-15)28-2/h3-5,12,14,16H,6-11,13H2,1-2H3. The van der Waals surface area contributed by atoms with Crippen LogP contribution in [0.4, 0.5) is 0 Å². The predicted octanol–water partition coefficient (Wildman–Crippen LogP) is 1.83. The summed E-state index contributed by atoms with van der Waals surface area (Å²) in [4.78, 5) is 29.0. The van der Waals surface area contributed by atoms with Gasteiger partial charge in [-0.1, -0.05) is 12.1 Å². The summed E-state index contributed by atoms with van der Waals surface area (Å²) in [5.74, 6) is 1.35. The normalized spacial score (nSPS) is 16.9. The van der Waals surface area contributed by atoms with Gasteiger partial charge in [0.15, 0.2) is 5.69 Å². The first-order chi connectivity index (χ1) is 13.5. The van der Waals surface area contributed by atoms with E-state index in [0.717, 1.165) is 17.0 Å². The summed E-state index contributed by atoms with van der Waals surface area (Å²) >= 11 is 0. The van der Waals surface area contributed by atoms with Crippen LogP contribution in [0.2, 0.25) is 0 Å². The number of nitrogens with zero attached hydrogens (tertiary/aromatic N) is 4. The number of hydrogen-bond donors (Lipinski definition) is 0. The number of piperazine rings is 1. The number of carbonyl (C=O) groups is 2. The van der Waals surface area contributed by atoms with E-state index in [1.807, 2.05) is 47.0 Å². The third kappa shape index (κ3) is 3.88. The molecule has 2 aromatic rings. The minimum atomic E-state index is -0.0394. The molecular weight excluding hydrogens is 356 g/mol. The molecule has 2 aliphatic rings. The molecule has 148 valence electrons. The minimum absolute atomic E-state index is 0.0394. The quantitative estimate of drug-likeness (QED) is 0.791. The molecule has 1 aromatic carbocycles. The molecule has 1 aromatic heterocycles. The Hall–Kier alpha value is -2.83. The van der Waals surface area contributed by atoms with Gasteiger partial charge in [0.25, 0.3) is 5.91 Å². The predicted molar refractivity (Wildman–Crippen MR) is 104 cm³/mol. The molecule has 1 saturated carbocycles. The second-order valence-corrected chi connectivity index (χ2v) is 7.55. The Morgan fingerprint density at radius 1 is 1.11 bits per heavy atom. The zero-order valence-corrected chi connectivity index (χ0v) is 16.4. The Balaban J connectivity index is 1.33. The molecule has 0 N–H and O–H groups in total. The van der Waals surface area contributed by atoms with Crippen LogP contribution in [0.15, 0.2) is 30.3 Å². The fraction of sp³-hybridized carbons (Fsp3) is 0.476. The van der Waals surface area contributed by atoms with Crippen molar-refractivity contribution in [1.29, 1.82) is 0 Å². The molecule has 1 aliphatic carbocycles. The maximum absolute atomic E-state index is 12.8. The number of carbonyl (C=O) groups excluding carboxylic acids is 2. The molecule has 0 bridgehead atoms. The number of aromatic nitrogens is 2. The highest BCUT2D eigenvalue weighted by Gasteiger charge is 2.30. The van der Waals surface area contributed by atoms with Gasteiger partial charge in [0, 0.05) is 44.8 Å². The van der Waals surface area contributed by atoms with E-state index in [9.17, 15) is 9.59 Å². The van der Waals surface area contributed by atoms with Crippen LogP contribution in [0, 0.1) is 0 Å². The zero-order valence-electron chi connectivity index (χ0n) is 16.4. The maximum Gasteiger partial charge on any atom is 0.274 e. The molecule has 4 rings (SSSR count). The van der Waals surface area contributed by atoms with Crippen molar-refractivity contribution >= 4 is 11.8 Å². The Morgan fingerprint density at radius 2 is 1.82 bits per heavy atom. The maximum atomic E-state index is 12.8. The molecule has 2 amide bonds. The minimum Gasteiger partial charge on any atom is -0.497 e. The van der Waals surface area contributed by atoms with Crippen molar-refractivity contribution in [1.82, 2.24) is 19.6 Å². The number of aryl methyl sites for hydroxylation is 1. The van der Waals surface area contributed by atoms with Gasteiger partial charge < -0.3 is 14.5 Å². The number of amides is 2. The Morgan fingerprint density at radius 3 is 2.50 bits per heavy atom. The summed E-state index contributed by atoms with van der Waals surface area (Å²) < 4.78 is 7.05. The topological polar surface area (TPSA) is 67.7 Å². The van der Waals surface area contributed by atoms with Crippen LogP contribution in [0.3, 0.4) is 0 Å². The van der Waals surface area contributed by atoms with Crippen molar-refractivity contribution in [2.75, 3.05) is 33.3 Å². The molecule has 7 nitrogen and oxygen atoms in total. The molecule has 0 unspecified atom stereocenters. The van der Waals surface area contributed by atoms with Crippen molar-refractivity contribution < 1.29 is 14.3 Å². The molecule has 28 heavy (non-hydrogen) atoms. The summed E-state index contributed by atoms with van der Waals surface area (Å²) in [5.41, 5.74) is 2.60. The highest BCUT2D eigenvalue weighted by atomic mass is 16.5. The molecule has 0 spiro atoms. The van der Waals surface area contributed by atoms with Crippen LogP contribution in [-0.4, -0.2) is 64.7 Å². The van der Waals surface area contributed by atoms with Gasteiger partial charge in [0.05, 0.1) is 13.5 Å². The molecule has 7 heteroatoms. The number of hydrogen-bond acceptors (Lipinski definition) is 4. The molecule has 1 saturated heterocycles. The molecule has 0 radical (unpaired) electrons. The number of methoxy groups -OCH3 is 1. The molecule has 1 aliphatic heterocycles. The van der Waals surface area contributed by atoms with Gasteiger partial charge in [-0.05, 0) is 36.6 Å². The first kappa shape index (κ1) is 18.5. The van der Waals surface area contributed by atoms with Crippen LogP contribution in [-0.2, 0) is 18.3 Å². The highest BCUT2D eigenvalue weighted by Crippen LogP contribution is 2.40. The summed E-state index contributed by atoms with van der Waals surface area (Å²) in [6.45, 7) is 2.18. The Labute approximate surface area is 164 Å². The van der Waals surface area contributed by atoms with Crippen LogP contribution < -0.4 is 4.74 Å². The monoisotopic (exact) mass is 382 g/mol. The van der Waals surface area contributed by atoms with E-state index in [-0.39, 0.29) is 11.8 Å². The first-order valence-electron chi connectivity index (χ1n) is 9.79. The lowest BCUT2D eigenvalue weighted by Crippen LogP contribution is -2.51. The van der Waals surface area contributed by atoms with E-state index in [2.05, 4.69) is 5.10 Å². The summed E-state index contributed by atoms with van der Waals surface area (Å²) in [6.07, 6.45) is 2.71. The van der Waals surface area contributed by atoms with Gasteiger partial charge >= 0.3 is 0 Å². The number of ether oxygens (including phenoxy) is 1. The second-order valence-electron chi connectivity index (χ2n) is 7.55. The van der Waals surface area contributed by atoms with Crippen molar-refractivity contribution in [3.63, 3.8) is 0 Å². The van der Waals surface area contributed by atoms with Crippen molar-refractivity contribution in [2.24, 2.45) is 7.05 Å². The van der Waals surface area contributed by atoms with E-state index in [4.69, 9.17) is 4.74 Å². The van der Waals surface area contributed by atoms with E-state index < -0.39 is 0 Å². The van der Waals surface area contributed by atoms with E-state index in [1.54, 1.807) is 12.0 Å². The fourth-order valence-electron chi connectivity index (χ4n) is 3.74. The van der Waals surface area contributed by atoms with Crippen LogP contribution in [0.25, 0.3) is 0 Å². The van der Waals surface area contributed by atoms with Gasteiger partial charge in [0.2, 0.25) is 5.91 Å². The van der Waals surface area contributed by atoms with E-state index in [1.165, 1.54) is 12.8 Å². The Bertz CT molecular complexity index is 880. The van der Waals surface area contributed by atoms with Crippen LogP contribution >= 0.6 is 0 Å². The highest BCUT2D eigenvalue weighted by molar-refractivity contribution is 5.92. The van der Waals surface area contributed by atoms with Gasteiger partial charge in [0.1, 0.15) is 5.75 Å². The average Bonchev–Trinajstić information content (AvgIpc) is 3.49. The van der Waals surface area contributed by atoms with E-state index >= 15 is 0 Å². The summed E-state index contributed by atoms with van der Waals surface area (Å²) in [5, 5.41) is 4.41. The number of benzene rings is 1. The van der Waals surface area contributed by atoms with E-state index in [0.29, 0.717) is 44.2 Å².